The van der Waals surface area contributed by atoms with Crippen molar-refractivity contribution in [3.63, 3.8) is 0 Å². The average molecular weight is 291 g/mol. The number of rotatable bonds is 8. The van der Waals surface area contributed by atoms with Gasteiger partial charge in [-0.25, -0.2) is 0 Å². The maximum atomic E-state index is 12.8. The Bertz CT molecular complexity index is 309. The third-order valence-corrected chi connectivity index (χ3v) is 3.78. The van der Waals surface area contributed by atoms with Gasteiger partial charge in [0.05, 0.1) is 26.4 Å². The lowest BCUT2D eigenvalue weighted by atomic mass is 10.6. The second-order valence-electron chi connectivity index (χ2n) is 3.03. The molecule has 0 N–H and O–H groups in total. The molecule has 0 aliphatic carbocycles. The number of hydrogen-bond donors (Lipinski definition) is 0. The van der Waals surface area contributed by atoms with E-state index in [2.05, 4.69) is 18.8 Å². The van der Waals surface area contributed by atoms with Gasteiger partial charge in [-0.1, -0.05) is 0 Å². The summed E-state index contributed by atoms with van der Waals surface area (Å²) in [7, 11) is -3.09. The number of halogens is 3. The molecule has 0 aliphatic rings. The van der Waals surface area contributed by atoms with Gasteiger partial charge in [0.2, 0.25) is 5.45 Å². The van der Waals surface area contributed by atoms with Crippen LogP contribution in [0.2, 0.25) is 0 Å². The third-order valence-electron chi connectivity index (χ3n) is 1.67. The molecule has 0 spiro atoms. The van der Waals surface area contributed by atoms with Gasteiger partial charge in [0.25, 0.3) is 0 Å². The molecule has 9 heteroatoms. The predicted octanol–water partition coefficient (Wildman–Crippen LogP) is 2.86. The van der Waals surface area contributed by atoms with Crippen LogP contribution in [0.1, 0.15) is 13.8 Å². The minimum atomic E-state index is -4.87. The molecule has 0 atom stereocenters. The first-order valence-corrected chi connectivity index (χ1v) is 6.86. The summed E-state index contributed by atoms with van der Waals surface area (Å²) in [4.78, 5) is 3.25. The van der Waals surface area contributed by atoms with Crippen LogP contribution < -0.4 is 0 Å². The normalized spacial score (nSPS) is 14.0. The van der Waals surface area contributed by atoms with Crippen LogP contribution in [-0.2, 0) is 18.3 Å². The van der Waals surface area contributed by atoms with Crippen molar-refractivity contribution in [2.45, 2.75) is 20.0 Å². The van der Waals surface area contributed by atoms with Crippen molar-refractivity contribution in [2.75, 3.05) is 33.5 Å². The quantitative estimate of drug-likeness (QED) is 0.392. The topological polar surface area (TPSA) is 57.1 Å². The number of aliphatic imine (C=N–C) groups is 1. The highest BCUT2D eigenvalue weighted by Crippen LogP contribution is 2.54. The molecule has 0 aromatic carbocycles. The first-order valence-electron chi connectivity index (χ1n) is 5.32. The molecule has 0 amide bonds. The van der Waals surface area contributed by atoms with E-state index in [4.69, 9.17) is 0 Å². The maximum Gasteiger partial charge on any atom is 0.441 e. The van der Waals surface area contributed by atoms with Crippen LogP contribution in [0.4, 0.5) is 13.2 Å². The Morgan fingerprint density at radius 2 is 1.72 bits per heavy atom. The summed E-state index contributed by atoms with van der Waals surface area (Å²) < 4.78 is 64.2. The summed E-state index contributed by atoms with van der Waals surface area (Å²) in [5.74, 6) is 0. The maximum absolute atomic E-state index is 12.8. The highest BCUT2D eigenvalue weighted by molar-refractivity contribution is 7.72. The minimum Gasteiger partial charge on any atom is -0.383 e. The highest BCUT2D eigenvalue weighted by atomic mass is 31.2. The fourth-order valence-electron chi connectivity index (χ4n) is 1.07. The Morgan fingerprint density at radius 3 is 2.06 bits per heavy atom. The zero-order valence-corrected chi connectivity index (χ0v) is 11.4. The van der Waals surface area contributed by atoms with Gasteiger partial charge in [0.15, 0.2) is 0 Å². The van der Waals surface area contributed by atoms with Gasteiger partial charge in [-0.05, 0) is 13.8 Å². The lowest BCUT2D eigenvalue weighted by Gasteiger charge is -2.20. The largest absolute Gasteiger partial charge is 0.441 e. The second-order valence-corrected chi connectivity index (χ2v) is 4.96. The molecule has 0 saturated heterocycles. The Balaban J connectivity index is 5.25. The standard InChI is InChI=1S/C9H17F3NO4P/c1-4-16-18(14,17-5-2)8(9(10,11)12)13-6-7-15-3/h4-7H2,1-3H3. The molecule has 0 aromatic rings. The predicted molar refractivity (Wildman–Crippen MR) is 61.1 cm³/mol. The summed E-state index contributed by atoms with van der Waals surface area (Å²) >= 11 is 0. The van der Waals surface area contributed by atoms with E-state index in [-0.39, 0.29) is 26.4 Å². The Labute approximate surface area is 104 Å². The van der Waals surface area contributed by atoms with E-state index in [1.807, 2.05) is 0 Å². The summed E-state index contributed by atoms with van der Waals surface area (Å²) in [6.07, 6.45) is -4.87. The molecule has 0 radical (unpaired) electrons. The van der Waals surface area contributed by atoms with E-state index in [1.165, 1.54) is 21.0 Å². The van der Waals surface area contributed by atoms with Crippen molar-refractivity contribution < 1.29 is 31.5 Å². The van der Waals surface area contributed by atoms with Gasteiger partial charge < -0.3 is 13.8 Å². The minimum absolute atomic E-state index is 0.0160. The van der Waals surface area contributed by atoms with Crippen molar-refractivity contribution >= 4 is 13.0 Å². The van der Waals surface area contributed by atoms with Crippen LogP contribution >= 0.6 is 7.60 Å². The molecule has 0 bridgehead atoms. The van der Waals surface area contributed by atoms with Gasteiger partial charge in [-0.3, -0.25) is 9.56 Å². The lowest BCUT2D eigenvalue weighted by molar-refractivity contribution is -0.0575. The first kappa shape index (κ1) is 17.6. The number of methoxy groups -OCH3 is 1. The highest BCUT2D eigenvalue weighted by Gasteiger charge is 2.50. The fraction of sp³-hybridized carbons (Fsp3) is 0.889. The van der Waals surface area contributed by atoms with Crippen LogP contribution in [0, 0.1) is 0 Å². The molecule has 0 unspecified atom stereocenters. The Kier molecular flexibility index (Phi) is 7.70. The molecule has 108 valence electrons. The molecule has 0 saturated carbocycles. The van der Waals surface area contributed by atoms with Crippen LogP contribution in [0.3, 0.4) is 0 Å². The van der Waals surface area contributed by atoms with Crippen molar-refractivity contribution in [3.05, 3.63) is 0 Å². The molecular formula is C9H17F3NO4P. The molecule has 5 nitrogen and oxygen atoms in total. The molecule has 0 fully saturated rings. The van der Waals surface area contributed by atoms with Gasteiger partial charge in [0, 0.05) is 7.11 Å². The smallest absolute Gasteiger partial charge is 0.383 e. The van der Waals surface area contributed by atoms with E-state index < -0.39 is 19.2 Å². The monoisotopic (exact) mass is 291 g/mol. The number of hydrogen-bond acceptors (Lipinski definition) is 5. The van der Waals surface area contributed by atoms with Crippen molar-refractivity contribution in [2.24, 2.45) is 4.99 Å². The average Bonchev–Trinajstić information content (AvgIpc) is 2.23. The Hall–Kier alpha value is -0.430. The second kappa shape index (κ2) is 7.89. The Morgan fingerprint density at radius 1 is 1.22 bits per heavy atom. The number of alkyl halides is 3. The third kappa shape index (κ3) is 5.48. The SMILES string of the molecule is CCOP(=O)(OCC)C(=NCCOC)C(F)(F)F. The van der Waals surface area contributed by atoms with E-state index in [0.29, 0.717) is 0 Å². The van der Waals surface area contributed by atoms with Crippen LogP contribution in [-0.4, -0.2) is 45.1 Å². The van der Waals surface area contributed by atoms with Crippen molar-refractivity contribution in [1.29, 1.82) is 0 Å². The van der Waals surface area contributed by atoms with Crippen molar-refractivity contribution in [3.8, 4) is 0 Å². The molecule has 0 rings (SSSR count). The van der Waals surface area contributed by atoms with Crippen molar-refractivity contribution in [1.82, 2.24) is 0 Å². The number of ether oxygens (including phenoxy) is 1. The summed E-state index contributed by atoms with van der Waals surface area (Å²) in [6.45, 7) is 2.23. The van der Waals surface area contributed by atoms with Crippen LogP contribution in [0.25, 0.3) is 0 Å². The van der Waals surface area contributed by atoms with Gasteiger partial charge in [-0.2, -0.15) is 13.2 Å². The van der Waals surface area contributed by atoms with E-state index in [0.717, 1.165) is 0 Å². The molecule has 0 heterocycles. The van der Waals surface area contributed by atoms with Crippen LogP contribution in [0.15, 0.2) is 4.99 Å². The summed E-state index contributed by atoms with van der Waals surface area (Å²) in [5, 5.41) is 0. The molecular weight excluding hydrogens is 274 g/mol. The van der Waals surface area contributed by atoms with Gasteiger partial charge in [0.1, 0.15) is 0 Å². The fourth-order valence-corrected chi connectivity index (χ4v) is 2.66. The zero-order chi connectivity index (χ0) is 14.2. The summed E-state index contributed by atoms with van der Waals surface area (Å²) in [6, 6.07) is 0. The molecule has 0 aliphatic heterocycles. The molecule has 0 aromatic heterocycles. The van der Waals surface area contributed by atoms with Gasteiger partial charge >= 0.3 is 13.8 Å². The number of nitrogens with zero attached hydrogens (tertiary/aromatic N) is 1. The van der Waals surface area contributed by atoms with Crippen LogP contribution in [0.5, 0.6) is 0 Å². The molecule has 18 heavy (non-hydrogen) atoms. The van der Waals surface area contributed by atoms with E-state index in [9.17, 15) is 17.7 Å². The lowest BCUT2D eigenvalue weighted by Crippen LogP contribution is -2.26. The van der Waals surface area contributed by atoms with E-state index in [1.54, 1.807) is 0 Å². The van der Waals surface area contributed by atoms with Gasteiger partial charge in [-0.15, -0.1) is 0 Å². The summed E-state index contributed by atoms with van der Waals surface area (Å²) in [5.41, 5.74) is -1.52. The van der Waals surface area contributed by atoms with E-state index >= 15 is 0 Å². The first-order chi connectivity index (χ1) is 8.31. The zero-order valence-electron chi connectivity index (χ0n) is 10.5.